The summed E-state index contributed by atoms with van der Waals surface area (Å²) in [5.41, 5.74) is 1.16. The number of carbonyl (C=O) groups excluding carboxylic acids is 2. The van der Waals surface area contributed by atoms with E-state index in [1.165, 1.54) is 7.11 Å². The van der Waals surface area contributed by atoms with Crippen molar-refractivity contribution in [3.8, 4) is 0 Å². The van der Waals surface area contributed by atoms with E-state index in [-0.39, 0.29) is 0 Å². The minimum absolute atomic E-state index is 0.374. The Kier molecular flexibility index (Phi) is 4.53. The number of esters is 1. The summed E-state index contributed by atoms with van der Waals surface area (Å²) in [6.45, 7) is 7.17. The van der Waals surface area contributed by atoms with Crippen molar-refractivity contribution < 1.29 is 19.1 Å². The van der Waals surface area contributed by atoms with Crippen LogP contribution in [0.5, 0.6) is 0 Å². The van der Waals surface area contributed by atoms with Gasteiger partial charge in [0.15, 0.2) is 0 Å². The van der Waals surface area contributed by atoms with Gasteiger partial charge in [-0.1, -0.05) is 6.07 Å². The lowest BCUT2D eigenvalue weighted by Crippen LogP contribution is -2.27. The molecule has 1 amide bonds. The average molecular weight is 265 g/mol. The van der Waals surface area contributed by atoms with Gasteiger partial charge in [-0.25, -0.2) is 9.59 Å². The molecule has 5 heteroatoms. The van der Waals surface area contributed by atoms with Gasteiger partial charge in [0.1, 0.15) is 5.60 Å². The van der Waals surface area contributed by atoms with Crippen LogP contribution in [0.2, 0.25) is 0 Å². The number of benzene rings is 1. The molecular formula is C14H19NO4. The van der Waals surface area contributed by atoms with Gasteiger partial charge in [-0.3, -0.25) is 5.32 Å². The summed E-state index contributed by atoms with van der Waals surface area (Å²) in [5, 5.41) is 2.62. The number of rotatable bonds is 2. The minimum atomic E-state index is -0.571. The molecule has 19 heavy (non-hydrogen) atoms. The number of ether oxygens (including phenoxy) is 2. The summed E-state index contributed by atoms with van der Waals surface area (Å²) < 4.78 is 9.79. The first-order valence-corrected chi connectivity index (χ1v) is 5.92. The SMILES string of the molecule is COC(=O)c1ccc(C)c(NC(=O)OC(C)(C)C)c1. The molecule has 0 radical (unpaired) electrons. The second kappa shape index (κ2) is 5.73. The molecule has 0 aromatic heterocycles. The molecule has 0 aliphatic rings. The number of amides is 1. The topological polar surface area (TPSA) is 64.6 Å². The average Bonchev–Trinajstić information content (AvgIpc) is 2.28. The van der Waals surface area contributed by atoms with E-state index >= 15 is 0 Å². The van der Waals surface area contributed by atoms with E-state index in [1.807, 2.05) is 6.92 Å². The van der Waals surface area contributed by atoms with Gasteiger partial charge in [0.2, 0.25) is 0 Å². The molecule has 1 N–H and O–H groups in total. The first-order valence-electron chi connectivity index (χ1n) is 5.92. The van der Waals surface area contributed by atoms with Crippen molar-refractivity contribution in [3.05, 3.63) is 29.3 Å². The standard InChI is InChI=1S/C14H19NO4/c1-9-6-7-10(12(16)18-5)8-11(9)15-13(17)19-14(2,3)4/h6-8H,1-5H3,(H,15,17). The van der Waals surface area contributed by atoms with Gasteiger partial charge in [0.25, 0.3) is 0 Å². The molecule has 1 rings (SSSR count). The molecule has 0 atom stereocenters. The van der Waals surface area contributed by atoms with Crippen LogP contribution in [0.25, 0.3) is 0 Å². The molecule has 0 heterocycles. The Balaban J connectivity index is 2.88. The van der Waals surface area contributed by atoms with E-state index < -0.39 is 17.7 Å². The minimum Gasteiger partial charge on any atom is -0.465 e. The maximum absolute atomic E-state index is 11.7. The molecule has 0 saturated carbocycles. The largest absolute Gasteiger partial charge is 0.465 e. The van der Waals surface area contributed by atoms with Gasteiger partial charge in [-0.15, -0.1) is 0 Å². The summed E-state index contributed by atoms with van der Waals surface area (Å²) in [4.78, 5) is 23.1. The van der Waals surface area contributed by atoms with Crippen LogP contribution in [0.1, 0.15) is 36.7 Å². The molecule has 0 spiro atoms. The van der Waals surface area contributed by atoms with Gasteiger partial charge in [0, 0.05) is 5.69 Å². The third-order valence-electron chi connectivity index (χ3n) is 2.29. The molecule has 0 bridgehead atoms. The maximum Gasteiger partial charge on any atom is 0.412 e. The van der Waals surface area contributed by atoms with Gasteiger partial charge in [0.05, 0.1) is 12.7 Å². The van der Waals surface area contributed by atoms with Crippen molar-refractivity contribution in [3.63, 3.8) is 0 Å². The van der Waals surface area contributed by atoms with E-state index in [1.54, 1.807) is 39.0 Å². The zero-order valence-electron chi connectivity index (χ0n) is 11.9. The van der Waals surface area contributed by atoms with Crippen molar-refractivity contribution in [1.29, 1.82) is 0 Å². The van der Waals surface area contributed by atoms with Crippen molar-refractivity contribution in [2.75, 3.05) is 12.4 Å². The summed E-state index contributed by atoms with van der Waals surface area (Å²) in [5.74, 6) is -0.452. The Hall–Kier alpha value is -2.04. The number of hydrogen-bond donors (Lipinski definition) is 1. The molecule has 5 nitrogen and oxygen atoms in total. The highest BCUT2D eigenvalue weighted by atomic mass is 16.6. The summed E-state index contributed by atoms with van der Waals surface area (Å²) in [6, 6.07) is 4.94. The Labute approximate surface area is 112 Å². The van der Waals surface area contributed by atoms with E-state index in [9.17, 15) is 9.59 Å². The first-order chi connectivity index (χ1) is 8.73. The van der Waals surface area contributed by atoms with Gasteiger partial charge < -0.3 is 9.47 Å². The molecule has 0 unspecified atom stereocenters. The molecular weight excluding hydrogens is 246 g/mol. The third kappa shape index (κ3) is 4.62. The Morgan fingerprint density at radius 3 is 2.37 bits per heavy atom. The zero-order chi connectivity index (χ0) is 14.6. The highest BCUT2D eigenvalue weighted by Gasteiger charge is 2.17. The van der Waals surface area contributed by atoms with Crippen molar-refractivity contribution in [2.24, 2.45) is 0 Å². The summed E-state index contributed by atoms with van der Waals surface area (Å²) in [7, 11) is 1.31. The fourth-order valence-corrected chi connectivity index (χ4v) is 1.42. The Morgan fingerprint density at radius 2 is 1.84 bits per heavy atom. The van der Waals surface area contributed by atoms with Crippen molar-refractivity contribution in [1.82, 2.24) is 0 Å². The monoisotopic (exact) mass is 265 g/mol. The fraction of sp³-hybridized carbons (Fsp3) is 0.429. The predicted octanol–water partition coefficient (Wildman–Crippen LogP) is 3.13. The number of hydrogen-bond acceptors (Lipinski definition) is 4. The van der Waals surface area contributed by atoms with E-state index in [0.29, 0.717) is 11.3 Å². The number of nitrogens with one attached hydrogen (secondary N) is 1. The van der Waals surface area contributed by atoms with Crippen molar-refractivity contribution in [2.45, 2.75) is 33.3 Å². The highest BCUT2D eigenvalue weighted by Crippen LogP contribution is 2.19. The number of methoxy groups -OCH3 is 1. The van der Waals surface area contributed by atoms with Gasteiger partial charge in [-0.05, 0) is 45.4 Å². The normalized spacial score (nSPS) is 10.8. The zero-order valence-corrected chi connectivity index (χ0v) is 11.9. The van der Waals surface area contributed by atoms with Crippen LogP contribution in [-0.2, 0) is 9.47 Å². The first kappa shape index (κ1) is 15.0. The smallest absolute Gasteiger partial charge is 0.412 e. The lowest BCUT2D eigenvalue weighted by Gasteiger charge is -2.20. The molecule has 0 aliphatic carbocycles. The second-order valence-electron chi connectivity index (χ2n) is 5.15. The molecule has 0 aliphatic heterocycles. The van der Waals surface area contributed by atoms with Gasteiger partial charge >= 0.3 is 12.1 Å². The fourth-order valence-electron chi connectivity index (χ4n) is 1.42. The quantitative estimate of drug-likeness (QED) is 0.834. The second-order valence-corrected chi connectivity index (χ2v) is 5.15. The highest BCUT2D eigenvalue weighted by molar-refractivity contribution is 5.93. The number of aryl methyl sites for hydroxylation is 1. The van der Waals surface area contributed by atoms with Crippen LogP contribution >= 0.6 is 0 Å². The summed E-state index contributed by atoms with van der Waals surface area (Å²) >= 11 is 0. The molecule has 0 fully saturated rings. The summed E-state index contributed by atoms with van der Waals surface area (Å²) in [6.07, 6.45) is -0.558. The number of carbonyl (C=O) groups is 2. The number of anilines is 1. The van der Waals surface area contributed by atoms with Crippen LogP contribution in [0.15, 0.2) is 18.2 Å². The maximum atomic E-state index is 11.7. The molecule has 0 saturated heterocycles. The third-order valence-corrected chi connectivity index (χ3v) is 2.29. The predicted molar refractivity (Wildman–Crippen MR) is 72.4 cm³/mol. The van der Waals surface area contributed by atoms with Crippen molar-refractivity contribution >= 4 is 17.7 Å². The lowest BCUT2D eigenvalue weighted by atomic mass is 10.1. The Bertz CT molecular complexity index is 489. The molecule has 104 valence electrons. The van der Waals surface area contributed by atoms with E-state index in [4.69, 9.17) is 4.74 Å². The van der Waals surface area contributed by atoms with Crippen LogP contribution in [0.3, 0.4) is 0 Å². The van der Waals surface area contributed by atoms with E-state index in [0.717, 1.165) is 5.56 Å². The Morgan fingerprint density at radius 1 is 1.21 bits per heavy atom. The van der Waals surface area contributed by atoms with Crippen LogP contribution in [0, 0.1) is 6.92 Å². The molecule has 1 aromatic rings. The van der Waals surface area contributed by atoms with E-state index in [2.05, 4.69) is 10.1 Å². The van der Waals surface area contributed by atoms with Crippen LogP contribution < -0.4 is 5.32 Å². The lowest BCUT2D eigenvalue weighted by molar-refractivity contribution is 0.0596. The van der Waals surface area contributed by atoms with Crippen LogP contribution in [-0.4, -0.2) is 24.8 Å². The molecule has 1 aromatic carbocycles. The van der Waals surface area contributed by atoms with Crippen LogP contribution in [0.4, 0.5) is 10.5 Å². The van der Waals surface area contributed by atoms with Gasteiger partial charge in [-0.2, -0.15) is 0 Å².